The molecule has 6 nitrogen and oxygen atoms in total. The molecule has 0 saturated carbocycles. The molecule has 1 amide bonds. The lowest BCUT2D eigenvalue weighted by molar-refractivity contribution is 0.102. The van der Waals surface area contributed by atoms with Crippen LogP contribution in [0.25, 0.3) is 0 Å². The van der Waals surface area contributed by atoms with Gasteiger partial charge in [-0.2, -0.15) is 5.10 Å². The summed E-state index contributed by atoms with van der Waals surface area (Å²) in [7, 11) is 1.62. The predicted octanol–water partition coefficient (Wildman–Crippen LogP) is 5.05. The Hall–Kier alpha value is -4.20. The van der Waals surface area contributed by atoms with Crippen molar-refractivity contribution in [1.82, 2.24) is 9.78 Å². The van der Waals surface area contributed by atoms with Gasteiger partial charge in [-0.05, 0) is 42.0 Å². The highest BCUT2D eigenvalue weighted by atomic mass is 19.1. The van der Waals surface area contributed by atoms with E-state index in [0.717, 1.165) is 29.0 Å². The van der Waals surface area contributed by atoms with E-state index in [9.17, 15) is 13.6 Å². The van der Waals surface area contributed by atoms with E-state index in [2.05, 4.69) is 10.4 Å². The zero-order chi connectivity index (χ0) is 23.2. The van der Waals surface area contributed by atoms with Gasteiger partial charge >= 0.3 is 0 Å². The van der Waals surface area contributed by atoms with E-state index in [-0.39, 0.29) is 5.69 Å². The molecule has 33 heavy (non-hydrogen) atoms. The van der Waals surface area contributed by atoms with Crippen LogP contribution < -0.4 is 14.8 Å². The van der Waals surface area contributed by atoms with Crippen molar-refractivity contribution in [3.8, 4) is 11.5 Å². The van der Waals surface area contributed by atoms with Gasteiger partial charge in [-0.1, -0.05) is 36.4 Å². The quantitative estimate of drug-likeness (QED) is 0.409. The number of carbonyl (C=O) groups excluding carboxylic acids is 1. The Balaban J connectivity index is 1.43. The summed E-state index contributed by atoms with van der Waals surface area (Å²) in [4.78, 5) is 12.4. The third kappa shape index (κ3) is 5.35. The van der Waals surface area contributed by atoms with Gasteiger partial charge in [0.2, 0.25) is 0 Å². The number of nitrogens with zero attached hydrogens (tertiary/aromatic N) is 2. The van der Waals surface area contributed by atoms with Crippen molar-refractivity contribution in [3.05, 3.63) is 107 Å². The van der Waals surface area contributed by atoms with Crippen LogP contribution in [0.5, 0.6) is 11.5 Å². The molecule has 0 aliphatic heterocycles. The largest absolute Gasteiger partial charge is 0.497 e. The average molecular weight is 449 g/mol. The number of aromatic nitrogens is 2. The molecular formula is C25H21F2N3O3. The molecule has 1 N–H and O–H groups in total. The fourth-order valence-corrected chi connectivity index (χ4v) is 3.20. The minimum atomic E-state index is -0.856. The number of benzene rings is 3. The first-order chi connectivity index (χ1) is 16.0. The van der Waals surface area contributed by atoms with Gasteiger partial charge in [0.1, 0.15) is 35.4 Å². The maximum Gasteiger partial charge on any atom is 0.276 e. The Morgan fingerprint density at radius 3 is 2.42 bits per heavy atom. The van der Waals surface area contributed by atoms with E-state index >= 15 is 0 Å². The second kappa shape index (κ2) is 9.95. The molecule has 0 unspecified atom stereocenters. The van der Waals surface area contributed by atoms with Crippen LogP contribution in [-0.4, -0.2) is 22.8 Å². The first-order valence-electron chi connectivity index (χ1n) is 10.2. The topological polar surface area (TPSA) is 65.4 Å². The molecule has 1 aromatic heterocycles. The van der Waals surface area contributed by atoms with Gasteiger partial charge in [0, 0.05) is 11.8 Å². The fourth-order valence-electron chi connectivity index (χ4n) is 3.20. The van der Waals surface area contributed by atoms with E-state index in [0.29, 0.717) is 18.9 Å². The maximum atomic E-state index is 13.8. The number of rotatable bonds is 8. The van der Waals surface area contributed by atoms with Crippen LogP contribution in [-0.2, 0) is 13.2 Å². The molecule has 1 heterocycles. The molecule has 0 radical (unpaired) electrons. The zero-order valence-corrected chi connectivity index (χ0v) is 17.8. The van der Waals surface area contributed by atoms with Crippen LogP contribution in [0.15, 0.2) is 79.0 Å². The first-order valence-corrected chi connectivity index (χ1v) is 10.2. The number of amides is 1. The van der Waals surface area contributed by atoms with Gasteiger partial charge in [0.05, 0.1) is 13.7 Å². The van der Waals surface area contributed by atoms with Crippen molar-refractivity contribution in [1.29, 1.82) is 0 Å². The summed E-state index contributed by atoms with van der Waals surface area (Å²) in [5.41, 5.74) is 1.38. The summed E-state index contributed by atoms with van der Waals surface area (Å²) in [6.07, 6.45) is 1.62. The highest BCUT2D eigenvalue weighted by Gasteiger charge is 2.16. The molecule has 4 rings (SSSR count). The Morgan fingerprint density at radius 1 is 0.970 bits per heavy atom. The van der Waals surface area contributed by atoms with E-state index < -0.39 is 23.2 Å². The molecule has 0 spiro atoms. The number of hydrogen-bond acceptors (Lipinski definition) is 4. The lowest BCUT2D eigenvalue weighted by Crippen LogP contribution is -2.15. The lowest BCUT2D eigenvalue weighted by atomic mass is 10.2. The summed E-state index contributed by atoms with van der Waals surface area (Å²) in [5.74, 6) is -0.961. The Bertz CT molecular complexity index is 1240. The van der Waals surface area contributed by atoms with Crippen LogP contribution in [0.4, 0.5) is 14.5 Å². The molecule has 168 valence electrons. The van der Waals surface area contributed by atoms with Gasteiger partial charge < -0.3 is 14.8 Å². The van der Waals surface area contributed by atoms with Crippen molar-refractivity contribution in [2.75, 3.05) is 12.4 Å². The molecule has 4 aromatic rings. The van der Waals surface area contributed by atoms with Crippen LogP contribution in [0.1, 0.15) is 21.6 Å². The fraction of sp³-hybridized carbons (Fsp3) is 0.120. The monoisotopic (exact) mass is 449 g/mol. The van der Waals surface area contributed by atoms with Crippen LogP contribution in [0.2, 0.25) is 0 Å². The minimum absolute atomic E-state index is 0.0364. The SMILES string of the molecule is COc1ccc(COc2ccccc2Cn2ccc(C(=O)Nc3c(F)cccc3F)n2)cc1. The van der Waals surface area contributed by atoms with Crippen LogP contribution >= 0.6 is 0 Å². The highest BCUT2D eigenvalue weighted by Crippen LogP contribution is 2.22. The van der Waals surface area contributed by atoms with Crippen molar-refractivity contribution >= 4 is 11.6 Å². The van der Waals surface area contributed by atoms with Crippen molar-refractivity contribution in [2.24, 2.45) is 0 Å². The number of nitrogens with one attached hydrogen (secondary N) is 1. The van der Waals surface area contributed by atoms with Crippen molar-refractivity contribution in [2.45, 2.75) is 13.2 Å². The summed E-state index contributed by atoms with van der Waals surface area (Å²) >= 11 is 0. The molecule has 0 fully saturated rings. The van der Waals surface area contributed by atoms with Gasteiger partial charge in [-0.3, -0.25) is 9.48 Å². The number of ether oxygens (including phenoxy) is 2. The highest BCUT2D eigenvalue weighted by molar-refractivity contribution is 6.02. The number of para-hydroxylation sites is 2. The maximum absolute atomic E-state index is 13.8. The molecule has 0 saturated heterocycles. The summed E-state index contributed by atoms with van der Waals surface area (Å²) in [6.45, 7) is 0.724. The third-order valence-corrected chi connectivity index (χ3v) is 4.93. The number of hydrogen-bond donors (Lipinski definition) is 1. The van der Waals surface area contributed by atoms with Crippen molar-refractivity contribution < 1.29 is 23.0 Å². The second-order valence-corrected chi connectivity index (χ2v) is 7.19. The van der Waals surface area contributed by atoms with Gasteiger partial charge in [-0.15, -0.1) is 0 Å². The summed E-state index contributed by atoms with van der Waals surface area (Å²) < 4.78 is 40.3. The van der Waals surface area contributed by atoms with E-state index in [1.54, 1.807) is 18.0 Å². The summed E-state index contributed by atoms with van der Waals surface area (Å²) in [5, 5.41) is 6.46. The number of methoxy groups -OCH3 is 1. The third-order valence-electron chi connectivity index (χ3n) is 4.93. The lowest BCUT2D eigenvalue weighted by Gasteiger charge is -2.12. The number of halogens is 2. The summed E-state index contributed by atoms with van der Waals surface area (Å²) in [6, 6.07) is 20.0. The van der Waals surface area contributed by atoms with E-state index in [1.165, 1.54) is 12.1 Å². The Labute approximate surface area is 189 Å². The van der Waals surface area contributed by atoms with Gasteiger partial charge in [0.15, 0.2) is 5.69 Å². The van der Waals surface area contributed by atoms with Crippen LogP contribution in [0.3, 0.4) is 0 Å². The Morgan fingerprint density at radius 2 is 1.70 bits per heavy atom. The molecule has 0 atom stereocenters. The van der Waals surface area contributed by atoms with E-state index in [4.69, 9.17) is 9.47 Å². The average Bonchev–Trinajstić information content (AvgIpc) is 3.30. The normalized spacial score (nSPS) is 10.6. The number of carbonyl (C=O) groups is 1. The van der Waals surface area contributed by atoms with Crippen LogP contribution in [0, 0.1) is 11.6 Å². The molecule has 3 aromatic carbocycles. The molecule has 0 aliphatic rings. The molecular weight excluding hydrogens is 428 g/mol. The molecule has 0 bridgehead atoms. The Kier molecular flexibility index (Phi) is 6.64. The smallest absolute Gasteiger partial charge is 0.276 e. The molecule has 0 aliphatic carbocycles. The predicted molar refractivity (Wildman–Crippen MR) is 119 cm³/mol. The first kappa shape index (κ1) is 22.0. The van der Waals surface area contributed by atoms with Gasteiger partial charge in [0.25, 0.3) is 5.91 Å². The zero-order valence-electron chi connectivity index (χ0n) is 17.8. The minimum Gasteiger partial charge on any atom is -0.497 e. The molecule has 8 heteroatoms. The van der Waals surface area contributed by atoms with Crippen molar-refractivity contribution in [3.63, 3.8) is 0 Å². The standard InChI is InChI=1S/C25H21F2N3O3/c1-32-19-11-9-17(10-12-19)16-33-23-8-3-2-5-18(23)15-30-14-13-22(29-30)25(31)28-24-20(26)6-4-7-21(24)27/h2-14H,15-16H2,1H3,(H,28,31). The second-order valence-electron chi connectivity index (χ2n) is 7.19. The number of anilines is 1. The van der Waals surface area contributed by atoms with E-state index in [1.807, 2.05) is 48.5 Å². The van der Waals surface area contributed by atoms with Gasteiger partial charge in [-0.25, -0.2) is 8.78 Å².